The van der Waals surface area contributed by atoms with E-state index in [4.69, 9.17) is 0 Å². The molecule has 0 radical (unpaired) electrons. The van der Waals surface area contributed by atoms with E-state index in [9.17, 15) is 14.4 Å². The molecule has 86 valence electrons. The number of hydrogen-bond acceptors (Lipinski definition) is 5. The second-order valence-corrected chi connectivity index (χ2v) is 3.56. The molecule has 0 fully saturated rings. The molecule has 5 nitrogen and oxygen atoms in total. The van der Waals surface area contributed by atoms with Gasteiger partial charge in [0.25, 0.3) is 0 Å². The zero-order valence-electron chi connectivity index (χ0n) is 9.46. The maximum Gasteiger partial charge on any atom is 0.319 e. The van der Waals surface area contributed by atoms with E-state index in [1.54, 1.807) is 0 Å². The second kappa shape index (κ2) is 5.60. The molecule has 0 rings (SSSR count). The lowest BCUT2D eigenvalue weighted by atomic mass is 9.81. The van der Waals surface area contributed by atoms with Gasteiger partial charge in [-0.3, -0.25) is 14.4 Å². The molecule has 0 aromatic rings. The van der Waals surface area contributed by atoms with Crippen molar-refractivity contribution in [1.82, 2.24) is 0 Å². The minimum Gasteiger partial charge on any atom is -0.468 e. The molecule has 5 heteroatoms. The van der Waals surface area contributed by atoms with Crippen LogP contribution in [0.5, 0.6) is 0 Å². The lowest BCUT2D eigenvalue weighted by Crippen LogP contribution is -2.41. The predicted molar refractivity (Wildman–Crippen MR) is 52.3 cm³/mol. The average molecular weight is 216 g/mol. The Balaban J connectivity index is 4.92. The zero-order chi connectivity index (χ0) is 12.1. The summed E-state index contributed by atoms with van der Waals surface area (Å²) in [4.78, 5) is 34.0. The van der Waals surface area contributed by atoms with E-state index in [1.807, 2.05) is 0 Å². The van der Waals surface area contributed by atoms with Crippen molar-refractivity contribution in [3.8, 4) is 0 Å². The fraction of sp³-hybridized carbons (Fsp3) is 0.700. The third kappa shape index (κ3) is 3.43. The molecule has 0 bridgehead atoms. The lowest BCUT2D eigenvalue weighted by molar-refractivity contribution is -0.160. The van der Waals surface area contributed by atoms with Gasteiger partial charge in [-0.25, -0.2) is 0 Å². The summed E-state index contributed by atoms with van der Waals surface area (Å²) in [6, 6.07) is 0. The minimum absolute atomic E-state index is 0.165. The summed E-state index contributed by atoms with van der Waals surface area (Å²) < 4.78 is 9.17. The molecule has 0 aromatic carbocycles. The lowest BCUT2D eigenvalue weighted by Gasteiger charge is -2.23. The maximum absolute atomic E-state index is 11.6. The summed E-state index contributed by atoms with van der Waals surface area (Å²) >= 11 is 0. The van der Waals surface area contributed by atoms with Crippen molar-refractivity contribution in [2.24, 2.45) is 5.41 Å². The molecule has 0 aliphatic heterocycles. The molecule has 0 saturated heterocycles. The average Bonchev–Trinajstić information content (AvgIpc) is 2.15. The normalized spacial score (nSPS) is 14.1. The Morgan fingerprint density at radius 2 is 1.73 bits per heavy atom. The van der Waals surface area contributed by atoms with Crippen LogP contribution in [0.3, 0.4) is 0 Å². The molecular weight excluding hydrogens is 200 g/mol. The third-order valence-electron chi connectivity index (χ3n) is 2.13. The Bertz CT molecular complexity index is 271. The Morgan fingerprint density at radius 1 is 1.20 bits per heavy atom. The van der Waals surface area contributed by atoms with Crippen molar-refractivity contribution in [3.63, 3.8) is 0 Å². The molecule has 0 amide bonds. The number of esters is 1. The van der Waals surface area contributed by atoms with Crippen molar-refractivity contribution in [1.29, 1.82) is 0 Å². The van der Waals surface area contributed by atoms with E-state index in [2.05, 4.69) is 9.47 Å². The van der Waals surface area contributed by atoms with Gasteiger partial charge in [-0.2, -0.15) is 0 Å². The first-order chi connectivity index (χ1) is 6.88. The van der Waals surface area contributed by atoms with Crippen molar-refractivity contribution in [3.05, 3.63) is 0 Å². The maximum atomic E-state index is 11.6. The van der Waals surface area contributed by atoms with Crippen LogP contribution in [0.2, 0.25) is 0 Å². The number of carbonyl (C=O) groups excluding carboxylic acids is 3. The van der Waals surface area contributed by atoms with Crippen LogP contribution in [0, 0.1) is 5.41 Å². The Hall–Kier alpha value is -1.23. The number of ether oxygens (including phenoxy) is 2. The van der Waals surface area contributed by atoms with Gasteiger partial charge in [0.05, 0.1) is 7.11 Å². The van der Waals surface area contributed by atoms with Gasteiger partial charge in [0.2, 0.25) is 0 Å². The summed E-state index contributed by atoms with van der Waals surface area (Å²) in [7, 11) is 2.53. The van der Waals surface area contributed by atoms with E-state index in [0.29, 0.717) is 0 Å². The first kappa shape index (κ1) is 13.8. The molecule has 15 heavy (non-hydrogen) atoms. The molecule has 1 atom stereocenters. The SMILES string of the molecule is COCC(=O)C(C)(CC(C)=O)C(=O)OC. The number of hydrogen-bond donors (Lipinski definition) is 0. The molecular formula is C10H16O5. The summed E-state index contributed by atoms with van der Waals surface area (Å²) in [6.45, 7) is 2.50. The van der Waals surface area contributed by atoms with E-state index in [0.717, 1.165) is 0 Å². The van der Waals surface area contributed by atoms with Crippen LogP contribution >= 0.6 is 0 Å². The first-order valence-electron chi connectivity index (χ1n) is 4.48. The highest BCUT2D eigenvalue weighted by Crippen LogP contribution is 2.25. The fourth-order valence-electron chi connectivity index (χ4n) is 1.30. The smallest absolute Gasteiger partial charge is 0.319 e. The van der Waals surface area contributed by atoms with Crippen LogP contribution in [0.1, 0.15) is 20.3 Å². The van der Waals surface area contributed by atoms with Gasteiger partial charge in [0, 0.05) is 13.5 Å². The summed E-state index contributed by atoms with van der Waals surface area (Å²) in [5, 5.41) is 0. The Morgan fingerprint density at radius 3 is 2.07 bits per heavy atom. The van der Waals surface area contributed by atoms with Crippen LogP contribution < -0.4 is 0 Å². The van der Waals surface area contributed by atoms with Gasteiger partial charge in [0.15, 0.2) is 5.78 Å². The monoisotopic (exact) mass is 216 g/mol. The Kier molecular flexibility index (Phi) is 5.14. The van der Waals surface area contributed by atoms with E-state index < -0.39 is 17.2 Å². The topological polar surface area (TPSA) is 69.7 Å². The van der Waals surface area contributed by atoms with Crippen molar-refractivity contribution >= 4 is 17.5 Å². The van der Waals surface area contributed by atoms with Crippen LogP contribution in [-0.2, 0) is 23.9 Å². The highest BCUT2D eigenvalue weighted by atomic mass is 16.5. The number of carbonyl (C=O) groups is 3. The molecule has 0 heterocycles. The second-order valence-electron chi connectivity index (χ2n) is 3.56. The highest BCUT2D eigenvalue weighted by Gasteiger charge is 2.42. The van der Waals surface area contributed by atoms with Crippen LogP contribution in [0.4, 0.5) is 0 Å². The molecule has 0 N–H and O–H groups in total. The number of ketones is 2. The summed E-state index contributed by atoms with van der Waals surface area (Å²) in [5.41, 5.74) is -1.43. The van der Waals surface area contributed by atoms with Crippen LogP contribution in [0.15, 0.2) is 0 Å². The van der Waals surface area contributed by atoms with Gasteiger partial charge in [-0.1, -0.05) is 0 Å². The standard InChI is InChI=1S/C10H16O5/c1-7(11)5-10(2,9(13)15-4)8(12)6-14-3/h5-6H2,1-4H3. The molecule has 0 aliphatic carbocycles. The van der Waals surface area contributed by atoms with Crippen molar-refractivity contribution in [2.75, 3.05) is 20.8 Å². The predicted octanol–water partition coefficient (Wildman–Crippen LogP) is 0.360. The van der Waals surface area contributed by atoms with Gasteiger partial charge in [-0.05, 0) is 13.8 Å². The quantitative estimate of drug-likeness (QED) is 0.473. The summed E-state index contributed by atoms with van der Waals surface area (Å²) in [6.07, 6.45) is -0.165. The fourth-order valence-corrected chi connectivity index (χ4v) is 1.30. The first-order valence-corrected chi connectivity index (χ1v) is 4.48. The summed E-state index contributed by atoms with van der Waals surface area (Å²) in [5.74, 6) is -1.40. The molecule has 0 aliphatic rings. The largest absolute Gasteiger partial charge is 0.468 e. The molecule has 1 unspecified atom stereocenters. The van der Waals surface area contributed by atoms with Gasteiger partial charge >= 0.3 is 5.97 Å². The van der Waals surface area contributed by atoms with Crippen molar-refractivity contribution in [2.45, 2.75) is 20.3 Å². The highest BCUT2D eigenvalue weighted by molar-refractivity contribution is 6.06. The van der Waals surface area contributed by atoms with Crippen LogP contribution in [0.25, 0.3) is 0 Å². The zero-order valence-corrected chi connectivity index (χ0v) is 9.46. The van der Waals surface area contributed by atoms with Crippen LogP contribution in [-0.4, -0.2) is 38.4 Å². The van der Waals surface area contributed by atoms with E-state index in [1.165, 1.54) is 28.1 Å². The minimum atomic E-state index is -1.43. The van der Waals surface area contributed by atoms with Gasteiger partial charge in [-0.15, -0.1) is 0 Å². The van der Waals surface area contributed by atoms with E-state index in [-0.39, 0.29) is 18.8 Å². The molecule has 0 spiro atoms. The van der Waals surface area contributed by atoms with Gasteiger partial charge < -0.3 is 9.47 Å². The van der Waals surface area contributed by atoms with Crippen molar-refractivity contribution < 1.29 is 23.9 Å². The van der Waals surface area contributed by atoms with Gasteiger partial charge in [0.1, 0.15) is 17.8 Å². The number of Topliss-reactive ketones (excluding diaryl/α,β-unsaturated/α-hetero) is 2. The van der Waals surface area contributed by atoms with E-state index >= 15 is 0 Å². The molecule has 0 saturated carbocycles. The Labute approximate surface area is 88.7 Å². The number of rotatable bonds is 6. The molecule has 0 aromatic heterocycles. The third-order valence-corrected chi connectivity index (χ3v) is 2.13. The number of methoxy groups -OCH3 is 2.